The van der Waals surface area contributed by atoms with Gasteiger partial charge in [0.05, 0.1) is 6.61 Å². The standard InChI is InChI=1S/C13H28N2O/c1-11(2)12(8-14)9-15-13(10-16)6-4-3-5-7-13/h11-12,15-16H,3-10,14H2,1-2H3. The van der Waals surface area contributed by atoms with E-state index in [2.05, 4.69) is 19.2 Å². The SMILES string of the molecule is CC(C)C(CN)CNC1(CO)CCCCC1. The number of hydrogen-bond donors (Lipinski definition) is 3. The van der Waals surface area contributed by atoms with E-state index in [1.54, 1.807) is 0 Å². The fourth-order valence-electron chi connectivity index (χ4n) is 2.56. The quantitative estimate of drug-likeness (QED) is 0.646. The molecule has 3 heteroatoms. The van der Waals surface area contributed by atoms with Gasteiger partial charge in [0.1, 0.15) is 0 Å². The zero-order valence-corrected chi connectivity index (χ0v) is 10.8. The molecule has 1 aliphatic rings. The fraction of sp³-hybridized carbons (Fsp3) is 1.00. The molecule has 0 radical (unpaired) electrons. The molecule has 4 N–H and O–H groups in total. The molecule has 1 saturated carbocycles. The molecule has 96 valence electrons. The first-order valence-corrected chi connectivity index (χ1v) is 6.69. The highest BCUT2D eigenvalue weighted by atomic mass is 16.3. The summed E-state index contributed by atoms with van der Waals surface area (Å²) in [5.74, 6) is 1.13. The van der Waals surface area contributed by atoms with Crippen LogP contribution in [0.4, 0.5) is 0 Å². The van der Waals surface area contributed by atoms with Crippen molar-refractivity contribution in [1.82, 2.24) is 5.32 Å². The number of nitrogens with two attached hydrogens (primary N) is 1. The Morgan fingerprint density at radius 3 is 2.31 bits per heavy atom. The number of rotatable bonds is 6. The second-order valence-corrected chi connectivity index (χ2v) is 5.62. The number of aliphatic hydroxyl groups excluding tert-OH is 1. The second-order valence-electron chi connectivity index (χ2n) is 5.62. The van der Waals surface area contributed by atoms with Crippen LogP contribution in [-0.2, 0) is 0 Å². The van der Waals surface area contributed by atoms with E-state index in [9.17, 15) is 5.11 Å². The molecule has 0 aliphatic heterocycles. The minimum absolute atomic E-state index is 0.0133. The lowest BCUT2D eigenvalue weighted by atomic mass is 9.81. The third-order valence-corrected chi connectivity index (χ3v) is 4.10. The van der Waals surface area contributed by atoms with Gasteiger partial charge < -0.3 is 16.2 Å². The van der Waals surface area contributed by atoms with Crippen LogP contribution >= 0.6 is 0 Å². The van der Waals surface area contributed by atoms with Crippen LogP contribution in [0.1, 0.15) is 46.0 Å². The lowest BCUT2D eigenvalue weighted by Crippen LogP contribution is -2.52. The maximum Gasteiger partial charge on any atom is 0.0613 e. The van der Waals surface area contributed by atoms with Crippen molar-refractivity contribution in [1.29, 1.82) is 0 Å². The fourth-order valence-corrected chi connectivity index (χ4v) is 2.56. The van der Waals surface area contributed by atoms with Gasteiger partial charge in [-0.05, 0) is 31.2 Å². The Hall–Kier alpha value is -0.120. The summed E-state index contributed by atoms with van der Waals surface area (Å²) in [5, 5.41) is 13.2. The van der Waals surface area contributed by atoms with E-state index in [1.807, 2.05) is 0 Å². The molecule has 1 aliphatic carbocycles. The lowest BCUT2D eigenvalue weighted by Gasteiger charge is -2.38. The van der Waals surface area contributed by atoms with Gasteiger partial charge in [0, 0.05) is 12.1 Å². The Bertz CT molecular complexity index is 188. The predicted molar refractivity (Wildman–Crippen MR) is 68.3 cm³/mol. The molecule has 1 fully saturated rings. The summed E-state index contributed by atoms with van der Waals surface area (Å²) in [6.45, 7) is 6.36. The Balaban J connectivity index is 2.43. The maximum atomic E-state index is 9.57. The van der Waals surface area contributed by atoms with Crippen molar-refractivity contribution in [2.45, 2.75) is 51.5 Å². The molecule has 0 heterocycles. The minimum Gasteiger partial charge on any atom is -0.394 e. The van der Waals surface area contributed by atoms with Crippen LogP contribution in [-0.4, -0.2) is 30.3 Å². The van der Waals surface area contributed by atoms with E-state index >= 15 is 0 Å². The highest BCUT2D eigenvalue weighted by Crippen LogP contribution is 2.28. The highest BCUT2D eigenvalue weighted by molar-refractivity contribution is 4.91. The predicted octanol–water partition coefficient (Wildman–Crippen LogP) is 1.50. The van der Waals surface area contributed by atoms with Gasteiger partial charge in [-0.25, -0.2) is 0 Å². The van der Waals surface area contributed by atoms with Crippen LogP contribution in [0, 0.1) is 11.8 Å². The molecule has 1 atom stereocenters. The van der Waals surface area contributed by atoms with Gasteiger partial charge in [-0.1, -0.05) is 33.1 Å². The van der Waals surface area contributed by atoms with Gasteiger partial charge in [-0.3, -0.25) is 0 Å². The largest absolute Gasteiger partial charge is 0.394 e. The highest BCUT2D eigenvalue weighted by Gasteiger charge is 2.31. The molecule has 1 unspecified atom stereocenters. The van der Waals surface area contributed by atoms with Crippen molar-refractivity contribution in [2.24, 2.45) is 17.6 Å². The third kappa shape index (κ3) is 3.72. The topological polar surface area (TPSA) is 58.3 Å². The molecule has 0 aromatic heterocycles. The van der Waals surface area contributed by atoms with Crippen molar-refractivity contribution >= 4 is 0 Å². The Labute approximate surface area is 99.8 Å². The molecule has 0 amide bonds. The zero-order chi connectivity index (χ0) is 12.0. The average Bonchev–Trinajstić information content (AvgIpc) is 2.30. The summed E-state index contributed by atoms with van der Waals surface area (Å²) in [5.41, 5.74) is 5.76. The molecular weight excluding hydrogens is 200 g/mol. The maximum absolute atomic E-state index is 9.57. The van der Waals surface area contributed by atoms with Gasteiger partial charge in [0.25, 0.3) is 0 Å². The van der Waals surface area contributed by atoms with Gasteiger partial charge in [-0.2, -0.15) is 0 Å². The lowest BCUT2D eigenvalue weighted by molar-refractivity contribution is 0.113. The van der Waals surface area contributed by atoms with Crippen molar-refractivity contribution in [3.63, 3.8) is 0 Å². The second kappa shape index (κ2) is 6.58. The Kier molecular flexibility index (Phi) is 5.73. The van der Waals surface area contributed by atoms with Gasteiger partial charge in [-0.15, -0.1) is 0 Å². The number of hydrogen-bond acceptors (Lipinski definition) is 3. The van der Waals surface area contributed by atoms with E-state index in [1.165, 1.54) is 19.3 Å². The first kappa shape index (κ1) is 13.9. The number of aliphatic hydroxyl groups is 1. The van der Waals surface area contributed by atoms with Crippen molar-refractivity contribution in [3.8, 4) is 0 Å². The molecule has 0 aromatic rings. The van der Waals surface area contributed by atoms with Crippen LogP contribution in [0.3, 0.4) is 0 Å². The van der Waals surface area contributed by atoms with Crippen LogP contribution < -0.4 is 11.1 Å². The van der Waals surface area contributed by atoms with E-state index in [0.29, 0.717) is 11.8 Å². The molecular formula is C13H28N2O. The monoisotopic (exact) mass is 228 g/mol. The van der Waals surface area contributed by atoms with E-state index in [0.717, 1.165) is 25.9 Å². The zero-order valence-electron chi connectivity index (χ0n) is 10.8. The Morgan fingerprint density at radius 2 is 1.88 bits per heavy atom. The van der Waals surface area contributed by atoms with Gasteiger partial charge in [0.2, 0.25) is 0 Å². The van der Waals surface area contributed by atoms with Crippen LogP contribution in [0.2, 0.25) is 0 Å². The van der Waals surface area contributed by atoms with Gasteiger partial charge in [0.15, 0.2) is 0 Å². The first-order chi connectivity index (χ1) is 7.63. The van der Waals surface area contributed by atoms with Crippen molar-refractivity contribution in [2.75, 3.05) is 19.7 Å². The summed E-state index contributed by atoms with van der Waals surface area (Å²) < 4.78 is 0. The minimum atomic E-state index is -0.0133. The van der Waals surface area contributed by atoms with Crippen molar-refractivity contribution in [3.05, 3.63) is 0 Å². The number of nitrogens with one attached hydrogen (secondary N) is 1. The first-order valence-electron chi connectivity index (χ1n) is 6.69. The van der Waals surface area contributed by atoms with Crippen LogP contribution in [0.15, 0.2) is 0 Å². The normalized spacial score (nSPS) is 22.3. The smallest absolute Gasteiger partial charge is 0.0613 e. The van der Waals surface area contributed by atoms with Crippen LogP contribution in [0.25, 0.3) is 0 Å². The van der Waals surface area contributed by atoms with E-state index in [-0.39, 0.29) is 12.1 Å². The summed E-state index contributed by atoms with van der Waals surface area (Å²) in [4.78, 5) is 0. The molecule has 0 bridgehead atoms. The summed E-state index contributed by atoms with van der Waals surface area (Å²) in [6, 6.07) is 0. The summed E-state index contributed by atoms with van der Waals surface area (Å²) in [6.07, 6.45) is 6.01. The molecule has 16 heavy (non-hydrogen) atoms. The van der Waals surface area contributed by atoms with Crippen LogP contribution in [0.5, 0.6) is 0 Å². The van der Waals surface area contributed by atoms with E-state index in [4.69, 9.17) is 5.73 Å². The van der Waals surface area contributed by atoms with E-state index < -0.39 is 0 Å². The molecule has 0 saturated heterocycles. The molecule has 1 rings (SSSR count). The Morgan fingerprint density at radius 1 is 1.25 bits per heavy atom. The summed E-state index contributed by atoms with van der Waals surface area (Å²) >= 11 is 0. The molecule has 0 aromatic carbocycles. The van der Waals surface area contributed by atoms with Crippen molar-refractivity contribution < 1.29 is 5.11 Å². The summed E-state index contributed by atoms with van der Waals surface area (Å²) in [7, 11) is 0. The molecule has 3 nitrogen and oxygen atoms in total. The average molecular weight is 228 g/mol. The molecule has 0 spiro atoms. The van der Waals surface area contributed by atoms with Gasteiger partial charge >= 0.3 is 0 Å². The third-order valence-electron chi connectivity index (χ3n) is 4.10.